The van der Waals surface area contributed by atoms with Gasteiger partial charge in [-0.05, 0) is 31.7 Å². The predicted octanol–water partition coefficient (Wildman–Crippen LogP) is 1.22. The maximum absolute atomic E-state index is 11.9. The summed E-state index contributed by atoms with van der Waals surface area (Å²) in [6, 6.07) is 0. The Labute approximate surface area is 108 Å². The maximum Gasteiger partial charge on any atom is 0.303 e. The van der Waals surface area contributed by atoms with E-state index in [1.807, 2.05) is 4.90 Å². The van der Waals surface area contributed by atoms with Gasteiger partial charge in [-0.1, -0.05) is 12.8 Å². The molecule has 1 rings (SSSR count). The third-order valence-electron chi connectivity index (χ3n) is 3.45. The molecule has 0 saturated carbocycles. The standard InChI is InChI=1S/C13H24N2O3/c14-7-4-2-1-3-5-12(16)15-8-6-11(10-15)9-13(17)18/h11H,1-10,14H2,(H,17,18). The second kappa shape index (κ2) is 8.08. The molecule has 18 heavy (non-hydrogen) atoms. The monoisotopic (exact) mass is 256 g/mol. The highest BCUT2D eigenvalue weighted by Gasteiger charge is 2.27. The largest absolute Gasteiger partial charge is 0.481 e. The van der Waals surface area contributed by atoms with E-state index < -0.39 is 5.97 Å². The van der Waals surface area contributed by atoms with E-state index in [1.165, 1.54) is 0 Å². The summed E-state index contributed by atoms with van der Waals surface area (Å²) in [6.07, 6.45) is 5.67. The van der Waals surface area contributed by atoms with Gasteiger partial charge < -0.3 is 15.7 Å². The highest BCUT2D eigenvalue weighted by Crippen LogP contribution is 2.20. The number of amides is 1. The number of carbonyl (C=O) groups is 2. The van der Waals surface area contributed by atoms with Crippen molar-refractivity contribution in [2.24, 2.45) is 11.7 Å². The van der Waals surface area contributed by atoms with Crippen molar-refractivity contribution in [1.29, 1.82) is 0 Å². The number of nitrogens with two attached hydrogens (primary N) is 1. The summed E-state index contributed by atoms with van der Waals surface area (Å²) in [4.78, 5) is 24.3. The number of carboxylic acids is 1. The summed E-state index contributed by atoms with van der Waals surface area (Å²) >= 11 is 0. The van der Waals surface area contributed by atoms with Crippen molar-refractivity contribution in [3.05, 3.63) is 0 Å². The summed E-state index contributed by atoms with van der Waals surface area (Å²) in [6.45, 7) is 2.06. The number of carbonyl (C=O) groups excluding carboxylic acids is 1. The van der Waals surface area contributed by atoms with Gasteiger partial charge >= 0.3 is 5.97 Å². The van der Waals surface area contributed by atoms with Crippen LogP contribution in [-0.2, 0) is 9.59 Å². The van der Waals surface area contributed by atoms with Crippen molar-refractivity contribution in [2.45, 2.75) is 44.9 Å². The number of rotatable bonds is 8. The molecule has 0 aromatic carbocycles. The van der Waals surface area contributed by atoms with Gasteiger partial charge in [-0.25, -0.2) is 0 Å². The van der Waals surface area contributed by atoms with Crippen LogP contribution in [0.4, 0.5) is 0 Å². The lowest BCUT2D eigenvalue weighted by atomic mass is 10.1. The Morgan fingerprint density at radius 1 is 1.22 bits per heavy atom. The molecule has 1 amide bonds. The van der Waals surface area contributed by atoms with Crippen LogP contribution in [0.25, 0.3) is 0 Å². The molecular formula is C13H24N2O3. The van der Waals surface area contributed by atoms with Gasteiger partial charge in [0.1, 0.15) is 0 Å². The number of hydrogen-bond acceptors (Lipinski definition) is 3. The zero-order valence-electron chi connectivity index (χ0n) is 10.9. The summed E-state index contributed by atoms with van der Waals surface area (Å²) in [5.74, 6) is -0.449. The van der Waals surface area contributed by atoms with E-state index in [0.29, 0.717) is 13.0 Å². The molecular weight excluding hydrogens is 232 g/mol. The van der Waals surface area contributed by atoms with E-state index in [4.69, 9.17) is 10.8 Å². The molecule has 0 aromatic rings. The van der Waals surface area contributed by atoms with E-state index in [1.54, 1.807) is 0 Å². The Bertz CT molecular complexity index is 281. The first kappa shape index (κ1) is 15.0. The van der Waals surface area contributed by atoms with E-state index in [9.17, 15) is 9.59 Å². The molecule has 0 spiro atoms. The molecule has 0 aromatic heterocycles. The first-order valence-corrected chi connectivity index (χ1v) is 6.83. The summed E-state index contributed by atoms with van der Waals surface area (Å²) < 4.78 is 0. The molecule has 3 N–H and O–H groups in total. The van der Waals surface area contributed by atoms with Gasteiger partial charge in [0.2, 0.25) is 5.91 Å². The quantitative estimate of drug-likeness (QED) is 0.640. The molecule has 1 unspecified atom stereocenters. The van der Waals surface area contributed by atoms with Gasteiger partial charge in [0, 0.05) is 25.9 Å². The van der Waals surface area contributed by atoms with Crippen molar-refractivity contribution in [3.63, 3.8) is 0 Å². The topological polar surface area (TPSA) is 83.6 Å². The second-order valence-electron chi connectivity index (χ2n) is 5.05. The average molecular weight is 256 g/mol. The fraction of sp³-hybridized carbons (Fsp3) is 0.846. The Balaban J connectivity index is 2.13. The number of carboxylic acid groups (broad SMARTS) is 1. The SMILES string of the molecule is NCCCCCCC(=O)N1CCC(CC(=O)O)C1. The van der Waals surface area contributed by atoms with Crippen LogP contribution in [0.15, 0.2) is 0 Å². The van der Waals surface area contributed by atoms with Gasteiger partial charge in [-0.3, -0.25) is 9.59 Å². The summed E-state index contributed by atoms with van der Waals surface area (Å²) in [5, 5.41) is 8.71. The lowest BCUT2D eigenvalue weighted by molar-refractivity contribution is -0.138. The minimum atomic E-state index is -0.768. The van der Waals surface area contributed by atoms with Crippen LogP contribution in [-0.4, -0.2) is 41.5 Å². The molecule has 5 heteroatoms. The van der Waals surface area contributed by atoms with E-state index in [0.717, 1.165) is 45.2 Å². The van der Waals surface area contributed by atoms with Crippen molar-refractivity contribution >= 4 is 11.9 Å². The van der Waals surface area contributed by atoms with Gasteiger partial charge in [0.15, 0.2) is 0 Å². The zero-order chi connectivity index (χ0) is 13.4. The summed E-state index contributed by atoms with van der Waals surface area (Å²) in [5.41, 5.74) is 5.40. The number of hydrogen-bond donors (Lipinski definition) is 2. The highest BCUT2D eigenvalue weighted by atomic mass is 16.4. The zero-order valence-corrected chi connectivity index (χ0v) is 10.9. The van der Waals surface area contributed by atoms with Crippen molar-refractivity contribution in [1.82, 2.24) is 4.90 Å². The van der Waals surface area contributed by atoms with E-state index in [-0.39, 0.29) is 18.2 Å². The molecule has 1 heterocycles. The lowest BCUT2D eigenvalue weighted by Gasteiger charge is -2.16. The first-order valence-electron chi connectivity index (χ1n) is 6.83. The maximum atomic E-state index is 11.9. The molecule has 1 aliphatic rings. The second-order valence-corrected chi connectivity index (χ2v) is 5.05. The Kier molecular flexibility index (Phi) is 6.72. The number of nitrogens with zero attached hydrogens (tertiary/aromatic N) is 1. The predicted molar refractivity (Wildman–Crippen MR) is 69.1 cm³/mol. The van der Waals surface area contributed by atoms with E-state index in [2.05, 4.69) is 0 Å². The smallest absolute Gasteiger partial charge is 0.303 e. The van der Waals surface area contributed by atoms with Crippen LogP contribution in [0.5, 0.6) is 0 Å². The fourth-order valence-corrected chi connectivity index (χ4v) is 2.40. The molecule has 0 aliphatic carbocycles. The molecule has 1 fully saturated rings. The molecule has 0 bridgehead atoms. The van der Waals surface area contributed by atoms with Gasteiger partial charge in [0.05, 0.1) is 0 Å². The lowest BCUT2D eigenvalue weighted by Crippen LogP contribution is -2.28. The first-order chi connectivity index (χ1) is 8.63. The minimum absolute atomic E-state index is 0.142. The van der Waals surface area contributed by atoms with Crippen molar-refractivity contribution in [2.75, 3.05) is 19.6 Å². The average Bonchev–Trinajstić information content (AvgIpc) is 2.76. The molecule has 5 nitrogen and oxygen atoms in total. The van der Waals surface area contributed by atoms with Crippen LogP contribution in [0.1, 0.15) is 44.9 Å². The van der Waals surface area contributed by atoms with Crippen LogP contribution in [0.2, 0.25) is 0 Å². The third kappa shape index (κ3) is 5.49. The summed E-state index contributed by atoms with van der Waals surface area (Å²) in [7, 11) is 0. The molecule has 1 atom stereocenters. The number of aliphatic carboxylic acids is 1. The van der Waals surface area contributed by atoms with Gasteiger partial charge in [-0.2, -0.15) is 0 Å². The Morgan fingerprint density at radius 2 is 1.94 bits per heavy atom. The van der Waals surface area contributed by atoms with Crippen LogP contribution in [0.3, 0.4) is 0 Å². The molecule has 1 aliphatic heterocycles. The molecule has 104 valence electrons. The van der Waals surface area contributed by atoms with Gasteiger partial charge in [0.25, 0.3) is 0 Å². The van der Waals surface area contributed by atoms with Crippen molar-refractivity contribution < 1.29 is 14.7 Å². The van der Waals surface area contributed by atoms with Crippen LogP contribution < -0.4 is 5.73 Å². The van der Waals surface area contributed by atoms with Crippen molar-refractivity contribution in [3.8, 4) is 0 Å². The minimum Gasteiger partial charge on any atom is -0.481 e. The van der Waals surface area contributed by atoms with Crippen LogP contribution in [0, 0.1) is 5.92 Å². The number of likely N-dealkylation sites (tertiary alicyclic amines) is 1. The Hall–Kier alpha value is -1.10. The van der Waals surface area contributed by atoms with E-state index >= 15 is 0 Å². The fourth-order valence-electron chi connectivity index (χ4n) is 2.40. The normalized spacial score (nSPS) is 19.2. The van der Waals surface area contributed by atoms with Crippen LogP contribution >= 0.6 is 0 Å². The molecule has 1 saturated heterocycles. The number of unbranched alkanes of at least 4 members (excludes halogenated alkanes) is 3. The Morgan fingerprint density at radius 3 is 2.61 bits per heavy atom. The third-order valence-corrected chi connectivity index (χ3v) is 3.45. The van der Waals surface area contributed by atoms with Gasteiger partial charge in [-0.15, -0.1) is 0 Å². The highest BCUT2D eigenvalue weighted by molar-refractivity contribution is 5.76. The molecule has 0 radical (unpaired) electrons.